The van der Waals surface area contributed by atoms with Gasteiger partial charge >= 0.3 is 0 Å². The fraction of sp³-hybridized carbons (Fsp3) is 0.400. The van der Waals surface area contributed by atoms with E-state index in [0.717, 1.165) is 0 Å². The third-order valence-electron chi connectivity index (χ3n) is 2.59. The number of non-ortho nitro benzene ring substituents is 1. The van der Waals surface area contributed by atoms with Gasteiger partial charge in [0.2, 0.25) is 0 Å². The van der Waals surface area contributed by atoms with E-state index in [4.69, 9.17) is 4.74 Å². The Morgan fingerprint density at radius 3 is 2.94 bits per heavy atom. The second-order valence-electron chi connectivity index (χ2n) is 3.70. The van der Waals surface area contributed by atoms with Gasteiger partial charge in [-0.05, 0) is 15.9 Å². The maximum absolute atomic E-state index is 10.8. The first-order valence-electron chi connectivity index (χ1n) is 5.07. The van der Waals surface area contributed by atoms with Gasteiger partial charge in [-0.15, -0.1) is 0 Å². The fourth-order valence-electron chi connectivity index (χ4n) is 1.74. The summed E-state index contributed by atoms with van der Waals surface area (Å²) in [5, 5.41) is 23.8. The molecule has 1 aromatic carbocycles. The molecule has 6 nitrogen and oxygen atoms in total. The molecule has 1 saturated heterocycles. The molecule has 17 heavy (non-hydrogen) atoms. The number of phenolic OH excluding ortho intramolecular Hbond substituents is 1. The summed E-state index contributed by atoms with van der Waals surface area (Å²) in [6.07, 6.45) is 0. The van der Waals surface area contributed by atoms with E-state index in [2.05, 4.69) is 21.2 Å². The molecule has 7 heteroatoms. The standard InChI is InChI=1S/C10H11BrN2O4/c11-8-4-6(13(15)16)3-7(10(8)14)9-5-17-2-1-12-9/h3-4,9,12,14H,1-2,5H2/t9-/m0/s1. The van der Waals surface area contributed by atoms with E-state index in [1.54, 1.807) is 0 Å². The number of morpholine rings is 1. The van der Waals surface area contributed by atoms with Crippen LogP contribution in [0.1, 0.15) is 11.6 Å². The quantitative estimate of drug-likeness (QED) is 0.642. The lowest BCUT2D eigenvalue weighted by atomic mass is 10.0. The SMILES string of the molecule is O=[N+]([O-])c1cc(Br)c(O)c([C@@H]2COCCN2)c1. The van der Waals surface area contributed by atoms with Crippen LogP contribution in [0.3, 0.4) is 0 Å². The van der Waals surface area contributed by atoms with Crippen molar-refractivity contribution in [1.82, 2.24) is 5.32 Å². The van der Waals surface area contributed by atoms with E-state index in [-0.39, 0.29) is 17.5 Å². The number of hydrogen-bond donors (Lipinski definition) is 2. The highest BCUT2D eigenvalue weighted by molar-refractivity contribution is 9.10. The molecule has 1 fully saturated rings. The summed E-state index contributed by atoms with van der Waals surface area (Å²) in [5.74, 6) is 0.0126. The molecule has 1 heterocycles. The van der Waals surface area contributed by atoms with Crippen LogP contribution in [0.4, 0.5) is 5.69 Å². The zero-order valence-corrected chi connectivity index (χ0v) is 10.4. The van der Waals surface area contributed by atoms with Crippen molar-refractivity contribution < 1.29 is 14.8 Å². The average Bonchev–Trinajstić information content (AvgIpc) is 2.33. The first-order chi connectivity index (χ1) is 8.09. The Balaban J connectivity index is 2.40. The van der Waals surface area contributed by atoms with Gasteiger partial charge in [-0.1, -0.05) is 0 Å². The van der Waals surface area contributed by atoms with Crippen molar-refractivity contribution >= 4 is 21.6 Å². The molecule has 1 aliphatic rings. The third kappa shape index (κ3) is 2.56. The molecule has 0 aromatic heterocycles. The van der Waals surface area contributed by atoms with E-state index >= 15 is 0 Å². The summed E-state index contributed by atoms with van der Waals surface area (Å²) < 4.78 is 5.59. The zero-order valence-electron chi connectivity index (χ0n) is 8.85. The molecule has 0 unspecified atom stereocenters. The highest BCUT2D eigenvalue weighted by Crippen LogP contribution is 2.36. The maximum atomic E-state index is 10.8. The van der Waals surface area contributed by atoms with Gasteiger partial charge in [0.1, 0.15) is 5.75 Å². The van der Waals surface area contributed by atoms with Crippen molar-refractivity contribution in [3.05, 3.63) is 32.3 Å². The number of nitrogens with one attached hydrogen (secondary N) is 1. The molecule has 0 spiro atoms. The van der Waals surface area contributed by atoms with Crippen LogP contribution in [0.15, 0.2) is 16.6 Å². The first kappa shape index (κ1) is 12.3. The Labute approximate surface area is 106 Å². The van der Waals surface area contributed by atoms with Crippen molar-refractivity contribution in [2.75, 3.05) is 19.8 Å². The van der Waals surface area contributed by atoms with Gasteiger partial charge in [0, 0.05) is 24.2 Å². The molecule has 2 N–H and O–H groups in total. The Morgan fingerprint density at radius 2 is 2.35 bits per heavy atom. The molecular weight excluding hydrogens is 292 g/mol. The summed E-state index contributed by atoms with van der Waals surface area (Å²) in [7, 11) is 0. The Morgan fingerprint density at radius 1 is 1.59 bits per heavy atom. The first-order valence-corrected chi connectivity index (χ1v) is 5.87. The van der Waals surface area contributed by atoms with Crippen LogP contribution in [0.2, 0.25) is 0 Å². The minimum Gasteiger partial charge on any atom is -0.506 e. The van der Waals surface area contributed by atoms with Crippen LogP contribution in [-0.2, 0) is 4.74 Å². The molecule has 1 atom stereocenters. The molecule has 2 rings (SSSR count). The van der Waals surface area contributed by atoms with Gasteiger partial charge in [0.25, 0.3) is 5.69 Å². The van der Waals surface area contributed by atoms with Crippen LogP contribution >= 0.6 is 15.9 Å². The molecule has 1 aromatic rings. The lowest BCUT2D eigenvalue weighted by molar-refractivity contribution is -0.385. The number of nitro groups is 1. The van der Waals surface area contributed by atoms with Gasteiger partial charge in [-0.25, -0.2) is 0 Å². The van der Waals surface area contributed by atoms with Crippen LogP contribution in [-0.4, -0.2) is 29.8 Å². The fourth-order valence-corrected chi connectivity index (χ4v) is 2.21. The second kappa shape index (κ2) is 4.99. The third-order valence-corrected chi connectivity index (χ3v) is 3.19. The molecule has 0 amide bonds. The monoisotopic (exact) mass is 302 g/mol. The zero-order chi connectivity index (χ0) is 12.4. The summed E-state index contributed by atoms with van der Waals surface area (Å²) in [6, 6.07) is 2.43. The van der Waals surface area contributed by atoms with E-state index < -0.39 is 4.92 Å². The van der Waals surface area contributed by atoms with E-state index in [0.29, 0.717) is 29.8 Å². The summed E-state index contributed by atoms with van der Waals surface area (Å²) in [6.45, 7) is 1.65. The van der Waals surface area contributed by atoms with Crippen molar-refractivity contribution in [3.8, 4) is 5.75 Å². The Kier molecular flexibility index (Phi) is 3.60. The summed E-state index contributed by atoms with van der Waals surface area (Å²) in [5.41, 5.74) is 0.419. The molecule has 0 saturated carbocycles. The van der Waals surface area contributed by atoms with Gasteiger partial charge in [0.05, 0.1) is 28.7 Å². The number of nitrogens with zero attached hydrogens (tertiary/aromatic N) is 1. The van der Waals surface area contributed by atoms with Crippen molar-refractivity contribution in [2.45, 2.75) is 6.04 Å². The molecular formula is C10H11BrN2O4. The minimum atomic E-state index is -0.489. The van der Waals surface area contributed by atoms with Crippen molar-refractivity contribution in [3.63, 3.8) is 0 Å². The molecule has 0 bridgehead atoms. The van der Waals surface area contributed by atoms with Gasteiger partial charge in [-0.2, -0.15) is 0 Å². The topological polar surface area (TPSA) is 84.6 Å². The van der Waals surface area contributed by atoms with Gasteiger partial charge in [0.15, 0.2) is 0 Å². The lowest BCUT2D eigenvalue weighted by Gasteiger charge is -2.24. The van der Waals surface area contributed by atoms with Crippen molar-refractivity contribution in [2.24, 2.45) is 0 Å². The van der Waals surface area contributed by atoms with E-state index in [9.17, 15) is 15.2 Å². The Hall–Kier alpha value is -1.18. The van der Waals surface area contributed by atoms with Crippen LogP contribution in [0.5, 0.6) is 5.75 Å². The minimum absolute atomic E-state index is 0.0126. The molecule has 0 aliphatic carbocycles. The van der Waals surface area contributed by atoms with E-state index in [1.807, 2.05) is 0 Å². The largest absolute Gasteiger partial charge is 0.506 e. The van der Waals surface area contributed by atoms with Crippen LogP contribution < -0.4 is 5.32 Å². The molecule has 1 aliphatic heterocycles. The number of rotatable bonds is 2. The smallest absolute Gasteiger partial charge is 0.271 e. The second-order valence-corrected chi connectivity index (χ2v) is 4.56. The van der Waals surface area contributed by atoms with Crippen molar-refractivity contribution in [1.29, 1.82) is 0 Å². The lowest BCUT2D eigenvalue weighted by Crippen LogP contribution is -2.34. The average molecular weight is 303 g/mol. The van der Waals surface area contributed by atoms with Gasteiger partial charge in [-0.3, -0.25) is 10.1 Å². The number of halogens is 1. The number of hydrogen-bond acceptors (Lipinski definition) is 5. The predicted molar refractivity (Wildman–Crippen MR) is 64.0 cm³/mol. The Bertz CT molecular complexity index is 446. The van der Waals surface area contributed by atoms with Gasteiger partial charge < -0.3 is 15.2 Å². The highest BCUT2D eigenvalue weighted by atomic mass is 79.9. The maximum Gasteiger partial charge on any atom is 0.271 e. The highest BCUT2D eigenvalue weighted by Gasteiger charge is 2.23. The summed E-state index contributed by atoms with van der Waals surface area (Å²) >= 11 is 3.11. The predicted octanol–water partition coefficient (Wildman–Crippen LogP) is 1.72. The molecule has 92 valence electrons. The number of nitro benzene ring substituents is 1. The van der Waals surface area contributed by atoms with E-state index in [1.165, 1.54) is 12.1 Å². The summed E-state index contributed by atoms with van der Waals surface area (Å²) in [4.78, 5) is 10.3. The normalized spacial score (nSPS) is 20.2. The number of phenols is 1. The number of benzene rings is 1. The van der Waals surface area contributed by atoms with Crippen LogP contribution in [0, 0.1) is 10.1 Å². The number of aromatic hydroxyl groups is 1. The molecule has 0 radical (unpaired) electrons. The van der Waals surface area contributed by atoms with Crippen LogP contribution in [0.25, 0.3) is 0 Å². The number of ether oxygens (including phenoxy) is 1.